The zero-order chi connectivity index (χ0) is 13.8. The number of rotatable bonds is 5. The third-order valence-electron chi connectivity index (χ3n) is 2.56. The average molecular weight is 261 g/mol. The van der Waals surface area contributed by atoms with Gasteiger partial charge in [0.2, 0.25) is 0 Å². The predicted octanol–water partition coefficient (Wildman–Crippen LogP) is 3.22. The molecule has 0 aromatic heterocycles. The van der Waals surface area contributed by atoms with Gasteiger partial charge in [-0.3, -0.25) is 0 Å². The second-order valence-corrected chi connectivity index (χ2v) is 4.87. The van der Waals surface area contributed by atoms with Crippen molar-refractivity contribution < 1.29 is 17.9 Å². The fourth-order valence-corrected chi connectivity index (χ4v) is 1.56. The molecule has 0 atom stereocenters. The molecule has 1 N–H and O–H groups in total. The first-order chi connectivity index (χ1) is 8.24. The predicted molar refractivity (Wildman–Crippen MR) is 64.2 cm³/mol. The van der Waals surface area contributed by atoms with Crippen molar-refractivity contribution in [2.75, 3.05) is 13.7 Å². The van der Waals surface area contributed by atoms with Crippen LogP contribution in [0.1, 0.15) is 25.0 Å². The van der Waals surface area contributed by atoms with Crippen LogP contribution in [0.3, 0.4) is 0 Å². The lowest BCUT2D eigenvalue weighted by atomic mass is 10.1. The summed E-state index contributed by atoms with van der Waals surface area (Å²) in [6.07, 6.45) is -4.28. The molecule has 102 valence electrons. The number of methoxy groups -OCH3 is 1. The molecule has 0 radical (unpaired) electrons. The Balaban J connectivity index is 2.60. The summed E-state index contributed by atoms with van der Waals surface area (Å²) >= 11 is 0. The summed E-state index contributed by atoms with van der Waals surface area (Å²) in [5.74, 6) is 0. The van der Waals surface area contributed by atoms with Crippen molar-refractivity contribution in [1.29, 1.82) is 0 Å². The molecule has 2 nitrogen and oxygen atoms in total. The molecule has 0 aliphatic rings. The molecule has 0 aliphatic heterocycles. The summed E-state index contributed by atoms with van der Waals surface area (Å²) in [6, 6.07) is 5.16. The first kappa shape index (κ1) is 15.0. The van der Waals surface area contributed by atoms with Crippen LogP contribution in [0.15, 0.2) is 24.3 Å². The van der Waals surface area contributed by atoms with Crippen molar-refractivity contribution in [2.45, 2.75) is 32.1 Å². The van der Waals surface area contributed by atoms with Gasteiger partial charge in [0.25, 0.3) is 0 Å². The lowest BCUT2D eigenvalue weighted by Gasteiger charge is -2.25. The minimum atomic E-state index is -4.28. The summed E-state index contributed by atoms with van der Waals surface area (Å²) in [6.45, 7) is 4.99. The molecule has 0 heterocycles. The van der Waals surface area contributed by atoms with Crippen LogP contribution in [0.25, 0.3) is 0 Å². The minimum absolute atomic E-state index is 0.211. The van der Waals surface area contributed by atoms with Gasteiger partial charge in [-0.05, 0) is 31.5 Å². The lowest BCUT2D eigenvalue weighted by molar-refractivity contribution is -0.137. The number of ether oxygens (including phenoxy) is 1. The highest BCUT2D eigenvalue weighted by Crippen LogP contribution is 2.29. The topological polar surface area (TPSA) is 21.3 Å². The highest BCUT2D eigenvalue weighted by molar-refractivity contribution is 5.24. The zero-order valence-corrected chi connectivity index (χ0v) is 10.8. The molecule has 0 bridgehead atoms. The molecular weight excluding hydrogens is 243 g/mol. The van der Waals surface area contributed by atoms with E-state index >= 15 is 0 Å². The van der Waals surface area contributed by atoms with Gasteiger partial charge in [0.05, 0.1) is 12.2 Å². The van der Waals surface area contributed by atoms with Crippen molar-refractivity contribution >= 4 is 0 Å². The number of nitrogens with one attached hydrogen (secondary N) is 1. The quantitative estimate of drug-likeness (QED) is 0.878. The van der Waals surface area contributed by atoms with Crippen molar-refractivity contribution in [3.05, 3.63) is 35.4 Å². The van der Waals surface area contributed by atoms with E-state index in [1.54, 1.807) is 7.11 Å². The number of hydrogen-bond donors (Lipinski definition) is 1. The van der Waals surface area contributed by atoms with Crippen LogP contribution < -0.4 is 5.32 Å². The van der Waals surface area contributed by atoms with Crippen LogP contribution in [0.2, 0.25) is 0 Å². The first-order valence-electron chi connectivity index (χ1n) is 5.65. The third-order valence-corrected chi connectivity index (χ3v) is 2.56. The van der Waals surface area contributed by atoms with E-state index in [4.69, 9.17) is 4.74 Å². The summed E-state index contributed by atoms with van der Waals surface area (Å²) < 4.78 is 42.1. The monoisotopic (exact) mass is 261 g/mol. The van der Waals surface area contributed by atoms with Crippen LogP contribution in [0.5, 0.6) is 0 Å². The van der Waals surface area contributed by atoms with Crippen molar-refractivity contribution in [3.63, 3.8) is 0 Å². The van der Waals surface area contributed by atoms with Crippen LogP contribution >= 0.6 is 0 Å². The normalized spacial score (nSPS) is 12.8. The maximum Gasteiger partial charge on any atom is 0.416 e. The van der Waals surface area contributed by atoms with Gasteiger partial charge in [-0.2, -0.15) is 13.2 Å². The van der Waals surface area contributed by atoms with E-state index in [1.807, 2.05) is 13.8 Å². The smallest absolute Gasteiger partial charge is 0.383 e. The van der Waals surface area contributed by atoms with E-state index < -0.39 is 11.7 Å². The summed E-state index contributed by atoms with van der Waals surface area (Å²) in [5, 5.41) is 3.23. The standard InChI is InChI=1S/C13H18F3NO/c1-12(2,9-18-3)17-8-10-4-6-11(7-5-10)13(14,15)16/h4-7,17H,8-9H2,1-3H3. The Morgan fingerprint density at radius 3 is 2.11 bits per heavy atom. The van der Waals surface area contributed by atoms with Gasteiger partial charge in [0.15, 0.2) is 0 Å². The molecule has 0 saturated carbocycles. The average Bonchev–Trinajstić information content (AvgIpc) is 2.26. The van der Waals surface area contributed by atoms with Crippen molar-refractivity contribution in [1.82, 2.24) is 5.32 Å². The Morgan fingerprint density at radius 2 is 1.67 bits per heavy atom. The summed E-state index contributed by atoms with van der Waals surface area (Å²) in [5.41, 5.74) is -0.0214. The van der Waals surface area contributed by atoms with Gasteiger partial charge in [-0.1, -0.05) is 12.1 Å². The SMILES string of the molecule is COCC(C)(C)NCc1ccc(C(F)(F)F)cc1. The van der Waals surface area contributed by atoms with E-state index in [0.717, 1.165) is 17.7 Å². The van der Waals surface area contributed by atoms with Crippen LogP contribution in [0, 0.1) is 0 Å². The molecule has 0 spiro atoms. The Labute approximate surface area is 105 Å². The van der Waals surface area contributed by atoms with E-state index in [9.17, 15) is 13.2 Å². The Morgan fingerprint density at radius 1 is 1.11 bits per heavy atom. The fraction of sp³-hybridized carbons (Fsp3) is 0.538. The Kier molecular flexibility index (Phi) is 4.76. The van der Waals surface area contributed by atoms with Crippen molar-refractivity contribution in [2.24, 2.45) is 0 Å². The van der Waals surface area contributed by atoms with Gasteiger partial charge in [0.1, 0.15) is 0 Å². The number of halogens is 3. The molecular formula is C13H18F3NO. The maximum atomic E-state index is 12.4. The minimum Gasteiger partial charge on any atom is -0.383 e. The molecule has 1 rings (SSSR count). The van der Waals surface area contributed by atoms with E-state index in [2.05, 4.69) is 5.32 Å². The van der Waals surface area contributed by atoms with Gasteiger partial charge < -0.3 is 10.1 Å². The van der Waals surface area contributed by atoms with Gasteiger partial charge in [-0.25, -0.2) is 0 Å². The molecule has 5 heteroatoms. The fourth-order valence-electron chi connectivity index (χ4n) is 1.56. The van der Waals surface area contributed by atoms with Gasteiger partial charge >= 0.3 is 6.18 Å². The second kappa shape index (κ2) is 5.71. The van der Waals surface area contributed by atoms with Gasteiger partial charge in [0, 0.05) is 19.2 Å². The number of alkyl halides is 3. The highest BCUT2D eigenvalue weighted by Gasteiger charge is 2.29. The lowest BCUT2D eigenvalue weighted by Crippen LogP contribution is -2.42. The Bertz CT molecular complexity index is 371. The largest absolute Gasteiger partial charge is 0.416 e. The first-order valence-corrected chi connectivity index (χ1v) is 5.65. The molecule has 1 aromatic rings. The Hall–Kier alpha value is -1.07. The van der Waals surface area contributed by atoms with Crippen LogP contribution in [-0.4, -0.2) is 19.3 Å². The molecule has 0 unspecified atom stereocenters. The van der Waals surface area contributed by atoms with Crippen LogP contribution in [0.4, 0.5) is 13.2 Å². The summed E-state index contributed by atoms with van der Waals surface area (Å²) in [4.78, 5) is 0. The van der Waals surface area contributed by atoms with Crippen LogP contribution in [-0.2, 0) is 17.5 Å². The van der Waals surface area contributed by atoms with E-state index in [-0.39, 0.29) is 5.54 Å². The number of benzene rings is 1. The third kappa shape index (κ3) is 4.66. The second-order valence-electron chi connectivity index (χ2n) is 4.87. The molecule has 0 fully saturated rings. The summed E-state index contributed by atoms with van der Waals surface area (Å²) in [7, 11) is 1.61. The molecule has 0 aliphatic carbocycles. The van der Waals surface area contributed by atoms with E-state index in [0.29, 0.717) is 13.2 Å². The molecule has 1 aromatic carbocycles. The highest BCUT2D eigenvalue weighted by atomic mass is 19.4. The van der Waals surface area contributed by atoms with Gasteiger partial charge in [-0.15, -0.1) is 0 Å². The number of hydrogen-bond acceptors (Lipinski definition) is 2. The molecule has 18 heavy (non-hydrogen) atoms. The van der Waals surface area contributed by atoms with Crippen molar-refractivity contribution in [3.8, 4) is 0 Å². The molecule has 0 saturated heterocycles. The maximum absolute atomic E-state index is 12.4. The molecule has 0 amide bonds. The van der Waals surface area contributed by atoms with E-state index in [1.165, 1.54) is 12.1 Å². The zero-order valence-electron chi connectivity index (χ0n) is 10.8.